The van der Waals surface area contributed by atoms with Crippen LogP contribution in [0.1, 0.15) is 11.1 Å². The summed E-state index contributed by atoms with van der Waals surface area (Å²) in [4.78, 5) is 13.2. The zero-order valence-electron chi connectivity index (χ0n) is 11.8. The number of aryl methyl sites for hydroxylation is 1. The molecule has 0 unspecified atom stereocenters. The van der Waals surface area contributed by atoms with Gasteiger partial charge in [0.05, 0.1) is 0 Å². The second-order valence-electron chi connectivity index (χ2n) is 4.44. The maximum atomic E-state index is 11.1. The second-order valence-corrected chi connectivity index (χ2v) is 5.20. The van der Waals surface area contributed by atoms with Gasteiger partial charge in [0.1, 0.15) is 11.6 Å². The lowest BCUT2D eigenvalue weighted by Crippen LogP contribution is -2.27. The Morgan fingerprint density at radius 1 is 1.38 bits per heavy atom. The molecular weight excluding hydrogens is 309 g/mol. The summed E-state index contributed by atoms with van der Waals surface area (Å²) in [6.07, 6.45) is 1.49. The summed E-state index contributed by atoms with van der Waals surface area (Å²) >= 11 is 11.6. The number of primary amides is 1. The number of anilines is 1. The van der Waals surface area contributed by atoms with Gasteiger partial charge in [-0.25, -0.2) is 0 Å². The lowest BCUT2D eigenvalue weighted by molar-refractivity contribution is -0.114. The normalized spacial score (nSPS) is 11.0. The Labute approximate surface area is 134 Å². The minimum absolute atomic E-state index is 0.0655. The van der Waals surface area contributed by atoms with Gasteiger partial charge in [0, 0.05) is 30.5 Å². The molecule has 6 heteroatoms. The van der Waals surface area contributed by atoms with Crippen LogP contribution in [0.25, 0.3) is 6.08 Å². The summed E-state index contributed by atoms with van der Waals surface area (Å²) in [5.74, 6) is 0.294. The maximum absolute atomic E-state index is 11.1. The highest BCUT2D eigenvalue weighted by Gasteiger charge is 2.09. The number of alkyl halides is 2. The predicted molar refractivity (Wildman–Crippen MR) is 87.6 cm³/mol. The van der Waals surface area contributed by atoms with Crippen LogP contribution < -0.4 is 10.6 Å². The van der Waals surface area contributed by atoms with E-state index in [0.29, 0.717) is 24.8 Å². The molecule has 2 N–H and O–H groups in total. The van der Waals surface area contributed by atoms with Crippen molar-refractivity contribution in [3.05, 3.63) is 34.9 Å². The van der Waals surface area contributed by atoms with E-state index in [1.165, 1.54) is 6.08 Å². The van der Waals surface area contributed by atoms with E-state index in [0.717, 1.165) is 16.8 Å². The van der Waals surface area contributed by atoms with Crippen LogP contribution in [0.5, 0.6) is 0 Å². The van der Waals surface area contributed by atoms with Gasteiger partial charge in [-0.15, -0.1) is 23.2 Å². The number of nitrogens with two attached hydrogens (primary N) is 1. The van der Waals surface area contributed by atoms with Crippen molar-refractivity contribution in [3.8, 4) is 6.07 Å². The number of nitrogens with zero attached hydrogens (tertiary/aromatic N) is 2. The molecule has 0 heterocycles. The summed E-state index contributed by atoms with van der Waals surface area (Å²) in [6.45, 7) is 3.31. The number of nitriles is 1. The molecule has 0 aliphatic carbocycles. The van der Waals surface area contributed by atoms with Gasteiger partial charge in [0.15, 0.2) is 0 Å². The fraction of sp³-hybridized carbons (Fsp3) is 0.333. The van der Waals surface area contributed by atoms with E-state index in [1.54, 1.807) is 6.07 Å². The predicted octanol–water partition coefficient (Wildman–Crippen LogP) is 2.67. The Kier molecular flexibility index (Phi) is 7.07. The summed E-state index contributed by atoms with van der Waals surface area (Å²) in [7, 11) is 0. The number of benzene rings is 1. The molecule has 1 amide bonds. The van der Waals surface area contributed by atoms with Crippen molar-refractivity contribution in [2.75, 3.05) is 29.7 Å². The molecule has 112 valence electrons. The molecule has 0 saturated heterocycles. The molecule has 0 aliphatic rings. The molecule has 0 bridgehead atoms. The first kappa shape index (κ1) is 17.4. The zero-order chi connectivity index (χ0) is 15.8. The summed E-state index contributed by atoms with van der Waals surface area (Å²) in [6, 6.07) is 7.53. The van der Waals surface area contributed by atoms with Gasteiger partial charge in [-0.1, -0.05) is 6.07 Å². The number of amides is 1. The molecule has 21 heavy (non-hydrogen) atoms. The largest absolute Gasteiger partial charge is 0.369 e. The van der Waals surface area contributed by atoms with E-state index in [2.05, 4.69) is 4.90 Å². The second kappa shape index (κ2) is 8.56. The quantitative estimate of drug-likeness (QED) is 0.476. The van der Waals surface area contributed by atoms with Gasteiger partial charge in [-0.3, -0.25) is 4.79 Å². The summed E-state index contributed by atoms with van der Waals surface area (Å²) in [5.41, 5.74) is 7.80. The standard InChI is InChI=1S/C15H17Cl2N3O/c1-11-8-14(20(6-4-16)7-5-17)3-2-12(11)9-13(10-18)15(19)21/h2-3,8-9H,4-7H2,1H3,(H2,19,21). The lowest BCUT2D eigenvalue weighted by atomic mass is 10.0. The monoisotopic (exact) mass is 325 g/mol. The van der Waals surface area contributed by atoms with E-state index in [-0.39, 0.29) is 5.57 Å². The van der Waals surface area contributed by atoms with Crippen LogP contribution in [-0.4, -0.2) is 30.8 Å². The average Bonchev–Trinajstić information content (AvgIpc) is 2.45. The first-order chi connectivity index (χ1) is 10.0. The molecule has 0 atom stereocenters. The third kappa shape index (κ3) is 4.96. The van der Waals surface area contributed by atoms with Crippen LogP contribution in [0.2, 0.25) is 0 Å². The van der Waals surface area contributed by atoms with Crippen LogP contribution in [0.3, 0.4) is 0 Å². The molecule has 0 fully saturated rings. The van der Waals surface area contributed by atoms with Gasteiger partial charge in [0.25, 0.3) is 5.91 Å². The Morgan fingerprint density at radius 2 is 2.00 bits per heavy atom. The van der Waals surface area contributed by atoms with Gasteiger partial charge in [0.2, 0.25) is 0 Å². The maximum Gasteiger partial charge on any atom is 0.259 e. The molecule has 0 spiro atoms. The summed E-state index contributed by atoms with van der Waals surface area (Å²) < 4.78 is 0. The Bertz CT molecular complexity index is 573. The zero-order valence-corrected chi connectivity index (χ0v) is 13.3. The number of carbonyl (C=O) groups is 1. The van der Waals surface area contributed by atoms with Gasteiger partial charge >= 0.3 is 0 Å². The number of hydrogen-bond acceptors (Lipinski definition) is 3. The van der Waals surface area contributed by atoms with Crippen LogP contribution in [0, 0.1) is 18.3 Å². The SMILES string of the molecule is Cc1cc(N(CCCl)CCCl)ccc1C=C(C#N)C(N)=O. The fourth-order valence-electron chi connectivity index (χ4n) is 1.91. The van der Waals surface area contributed by atoms with Crippen molar-refractivity contribution >= 4 is 40.9 Å². The molecule has 1 aromatic rings. The molecule has 0 aliphatic heterocycles. The number of hydrogen-bond donors (Lipinski definition) is 1. The summed E-state index contributed by atoms with van der Waals surface area (Å²) in [5, 5.41) is 8.87. The van der Waals surface area contributed by atoms with Crippen molar-refractivity contribution in [3.63, 3.8) is 0 Å². The highest BCUT2D eigenvalue weighted by molar-refractivity contribution is 6.18. The number of halogens is 2. The highest BCUT2D eigenvalue weighted by atomic mass is 35.5. The first-order valence-corrected chi connectivity index (χ1v) is 7.49. The van der Waals surface area contributed by atoms with Gasteiger partial charge in [-0.2, -0.15) is 5.26 Å². The number of rotatable bonds is 7. The third-order valence-electron chi connectivity index (χ3n) is 3.01. The van der Waals surface area contributed by atoms with Gasteiger partial charge < -0.3 is 10.6 Å². The van der Waals surface area contributed by atoms with E-state index in [9.17, 15) is 4.79 Å². The third-order valence-corrected chi connectivity index (χ3v) is 3.35. The Balaban J connectivity index is 3.10. The lowest BCUT2D eigenvalue weighted by Gasteiger charge is -2.23. The van der Waals surface area contributed by atoms with E-state index in [4.69, 9.17) is 34.2 Å². The van der Waals surface area contributed by atoms with Crippen LogP contribution in [-0.2, 0) is 4.79 Å². The van der Waals surface area contributed by atoms with Crippen molar-refractivity contribution in [1.82, 2.24) is 0 Å². The minimum Gasteiger partial charge on any atom is -0.369 e. The van der Waals surface area contributed by atoms with Crippen molar-refractivity contribution in [2.24, 2.45) is 5.73 Å². The van der Waals surface area contributed by atoms with Crippen molar-refractivity contribution < 1.29 is 4.79 Å². The smallest absolute Gasteiger partial charge is 0.259 e. The van der Waals surface area contributed by atoms with Crippen LogP contribution in [0.4, 0.5) is 5.69 Å². The Morgan fingerprint density at radius 3 is 2.43 bits per heavy atom. The van der Waals surface area contributed by atoms with Crippen molar-refractivity contribution in [1.29, 1.82) is 5.26 Å². The van der Waals surface area contributed by atoms with Crippen LogP contribution >= 0.6 is 23.2 Å². The Hall–Kier alpha value is -1.70. The topological polar surface area (TPSA) is 70.1 Å². The molecular formula is C15H17Cl2N3O. The molecule has 1 aromatic carbocycles. The van der Waals surface area contributed by atoms with E-state index in [1.807, 2.05) is 25.1 Å². The van der Waals surface area contributed by atoms with E-state index < -0.39 is 5.91 Å². The molecule has 0 radical (unpaired) electrons. The van der Waals surface area contributed by atoms with Crippen LogP contribution in [0.15, 0.2) is 23.8 Å². The molecule has 0 aromatic heterocycles. The first-order valence-electron chi connectivity index (χ1n) is 6.42. The fourth-order valence-corrected chi connectivity index (χ4v) is 2.31. The van der Waals surface area contributed by atoms with Gasteiger partial charge in [-0.05, 0) is 36.3 Å². The molecule has 1 rings (SSSR count). The highest BCUT2D eigenvalue weighted by Crippen LogP contribution is 2.21. The average molecular weight is 326 g/mol. The number of carbonyl (C=O) groups excluding carboxylic acids is 1. The van der Waals surface area contributed by atoms with E-state index >= 15 is 0 Å². The molecule has 0 saturated carbocycles. The molecule has 4 nitrogen and oxygen atoms in total. The minimum atomic E-state index is -0.730. The van der Waals surface area contributed by atoms with Crippen molar-refractivity contribution in [2.45, 2.75) is 6.92 Å².